The van der Waals surface area contributed by atoms with Crippen LogP contribution in [0, 0.1) is 11.3 Å². The fraction of sp³-hybridized carbons (Fsp3) is 0.562. The lowest BCUT2D eigenvalue weighted by Gasteiger charge is -2.25. The molecule has 2 aliphatic rings. The fourth-order valence-corrected chi connectivity index (χ4v) is 4.89. The Morgan fingerprint density at radius 3 is 2.68 bits per heavy atom. The number of likely N-dealkylation sites (tertiary alicyclic amines) is 1. The van der Waals surface area contributed by atoms with Gasteiger partial charge in [-0.1, -0.05) is 6.07 Å². The van der Waals surface area contributed by atoms with E-state index in [0.29, 0.717) is 0 Å². The molecule has 0 radical (unpaired) electrons. The lowest BCUT2D eigenvalue weighted by atomic mass is 9.81. The molecule has 3 heterocycles. The van der Waals surface area contributed by atoms with Crippen LogP contribution in [0.1, 0.15) is 12.5 Å². The molecule has 2 saturated heterocycles. The van der Waals surface area contributed by atoms with E-state index in [9.17, 15) is 23.1 Å². The van der Waals surface area contributed by atoms with Gasteiger partial charge in [-0.2, -0.15) is 0 Å². The number of carbonyl (C=O) groups is 2. The normalized spacial score (nSPS) is 26.6. The van der Waals surface area contributed by atoms with Gasteiger partial charge in [0.2, 0.25) is 15.9 Å². The summed E-state index contributed by atoms with van der Waals surface area (Å²) in [5.41, 5.74) is -0.448. The Balaban J connectivity index is 1.76. The maximum atomic E-state index is 12.5. The zero-order valence-corrected chi connectivity index (χ0v) is 14.8. The number of hydrogen-bond donors (Lipinski definition) is 1. The van der Waals surface area contributed by atoms with E-state index in [-0.39, 0.29) is 50.2 Å². The van der Waals surface area contributed by atoms with E-state index < -0.39 is 21.4 Å². The monoisotopic (exact) mass is 367 g/mol. The van der Waals surface area contributed by atoms with Gasteiger partial charge < -0.3 is 10.0 Å². The van der Waals surface area contributed by atoms with Crippen molar-refractivity contribution >= 4 is 21.9 Å². The number of carbonyl (C=O) groups excluding carboxylic acids is 1. The van der Waals surface area contributed by atoms with Crippen LogP contribution in [0.25, 0.3) is 0 Å². The quantitative estimate of drug-likeness (QED) is 0.773. The van der Waals surface area contributed by atoms with Crippen LogP contribution in [0.4, 0.5) is 0 Å². The first-order valence-electron chi connectivity index (χ1n) is 8.16. The van der Waals surface area contributed by atoms with Crippen LogP contribution in [-0.2, 0) is 26.0 Å². The second-order valence-electron chi connectivity index (χ2n) is 6.66. The van der Waals surface area contributed by atoms with E-state index in [4.69, 9.17) is 0 Å². The van der Waals surface area contributed by atoms with E-state index in [1.165, 1.54) is 4.31 Å². The van der Waals surface area contributed by atoms with Crippen LogP contribution < -0.4 is 0 Å². The topological polar surface area (TPSA) is 108 Å². The van der Waals surface area contributed by atoms with Crippen molar-refractivity contribution in [3.63, 3.8) is 0 Å². The SMILES string of the molecule is CCS(=O)(=O)N1C[C@H]2CN(C(=O)Cc3cccnc3)C[C@@]2(C(=O)O)C1. The number of sulfonamides is 1. The summed E-state index contributed by atoms with van der Waals surface area (Å²) in [7, 11) is -3.44. The van der Waals surface area contributed by atoms with Gasteiger partial charge >= 0.3 is 5.97 Å². The Morgan fingerprint density at radius 2 is 2.12 bits per heavy atom. The van der Waals surface area contributed by atoms with Crippen molar-refractivity contribution in [1.82, 2.24) is 14.2 Å². The first-order valence-corrected chi connectivity index (χ1v) is 9.77. The molecular formula is C16H21N3O5S. The largest absolute Gasteiger partial charge is 0.481 e. The van der Waals surface area contributed by atoms with Gasteiger partial charge in [0.05, 0.1) is 12.2 Å². The number of nitrogens with zero attached hydrogens (tertiary/aromatic N) is 3. The predicted octanol–water partition coefficient (Wildman–Crippen LogP) is -0.181. The van der Waals surface area contributed by atoms with E-state index >= 15 is 0 Å². The second-order valence-corrected chi connectivity index (χ2v) is 8.92. The third kappa shape index (κ3) is 3.13. The Morgan fingerprint density at radius 1 is 1.36 bits per heavy atom. The van der Waals surface area contributed by atoms with Crippen molar-refractivity contribution in [2.45, 2.75) is 13.3 Å². The summed E-state index contributed by atoms with van der Waals surface area (Å²) in [5, 5.41) is 9.75. The maximum absolute atomic E-state index is 12.5. The molecule has 2 aliphatic heterocycles. The zero-order chi connectivity index (χ0) is 18.2. The molecule has 2 atom stereocenters. The van der Waals surface area contributed by atoms with Gasteiger partial charge in [0.15, 0.2) is 0 Å². The Labute approximate surface area is 146 Å². The summed E-state index contributed by atoms with van der Waals surface area (Å²) in [5.74, 6) is -1.64. The third-order valence-electron chi connectivity index (χ3n) is 5.19. The molecule has 1 N–H and O–H groups in total. The summed E-state index contributed by atoms with van der Waals surface area (Å²) < 4.78 is 25.5. The van der Waals surface area contributed by atoms with Crippen LogP contribution in [0.2, 0.25) is 0 Å². The average molecular weight is 367 g/mol. The second kappa shape index (κ2) is 6.38. The molecule has 1 aromatic heterocycles. The number of aromatic nitrogens is 1. The molecule has 8 nitrogen and oxygen atoms in total. The molecule has 0 spiro atoms. The Hall–Kier alpha value is -2.00. The molecule has 0 aromatic carbocycles. The van der Waals surface area contributed by atoms with E-state index in [1.807, 2.05) is 0 Å². The standard InChI is InChI=1S/C16H21N3O5S/c1-2-25(23,24)19-9-13-8-18(10-16(13,11-19)15(21)22)14(20)6-12-4-3-5-17-7-12/h3-5,7,13H,2,6,8-11H2,1H3,(H,21,22)/t13-,16-/m1/s1. The van der Waals surface area contributed by atoms with Gasteiger partial charge in [0.25, 0.3) is 0 Å². The molecule has 136 valence electrons. The van der Waals surface area contributed by atoms with Crippen molar-refractivity contribution < 1.29 is 23.1 Å². The van der Waals surface area contributed by atoms with E-state index in [1.54, 1.807) is 36.4 Å². The molecule has 9 heteroatoms. The highest BCUT2D eigenvalue weighted by molar-refractivity contribution is 7.89. The summed E-state index contributed by atoms with van der Waals surface area (Å²) in [6, 6.07) is 3.54. The third-order valence-corrected chi connectivity index (χ3v) is 6.99. The average Bonchev–Trinajstić information content (AvgIpc) is 3.11. The van der Waals surface area contributed by atoms with Crippen LogP contribution in [0.5, 0.6) is 0 Å². The molecule has 3 rings (SSSR count). The van der Waals surface area contributed by atoms with Gasteiger partial charge in [-0.25, -0.2) is 12.7 Å². The van der Waals surface area contributed by atoms with Crippen molar-refractivity contribution in [2.75, 3.05) is 31.9 Å². The molecule has 0 aliphatic carbocycles. The molecular weight excluding hydrogens is 346 g/mol. The van der Waals surface area contributed by atoms with Gasteiger partial charge in [-0.05, 0) is 18.6 Å². The minimum Gasteiger partial charge on any atom is -0.481 e. The molecule has 25 heavy (non-hydrogen) atoms. The molecule has 2 fully saturated rings. The number of pyridine rings is 1. The van der Waals surface area contributed by atoms with Crippen molar-refractivity contribution in [1.29, 1.82) is 0 Å². The van der Waals surface area contributed by atoms with Crippen LogP contribution in [-0.4, -0.2) is 71.5 Å². The summed E-state index contributed by atoms with van der Waals surface area (Å²) in [6.45, 7) is 1.93. The van der Waals surface area contributed by atoms with Gasteiger partial charge in [0, 0.05) is 44.5 Å². The Kier molecular flexibility index (Phi) is 4.54. The fourth-order valence-electron chi connectivity index (χ4n) is 3.70. The number of carboxylic acids is 1. The number of fused-ring (bicyclic) bond motifs is 1. The predicted molar refractivity (Wildman–Crippen MR) is 89.1 cm³/mol. The molecule has 0 bridgehead atoms. The lowest BCUT2D eigenvalue weighted by molar-refractivity contribution is -0.148. The smallest absolute Gasteiger partial charge is 0.313 e. The lowest BCUT2D eigenvalue weighted by Crippen LogP contribution is -2.43. The highest BCUT2D eigenvalue weighted by Gasteiger charge is 2.60. The van der Waals surface area contributed by atoms with Crippen molar-refractivity contribution in [3.8, 4) is 0 Å². The number of hydrogen-bond acceptors (Lipinski definition) is 5. The van der Waals surface area contributed by atoms with Crippen LogP contribution in [0.3, 0.4) is 0 Å². The maximum Gasteiger partial charge on any atom is 0.313 e. The van der Waals surface area contributed by atoms with Crippen LogP contribution >= 0.6 is 0 Å². The molecule has 0 unspecified atom stereocenters. The van der Waals surface area contributed by atoms with Crippen molar-refractivity contribution in [2.24, 2.45) is 11.3 Å². The summed E-state index contributed by atoms with van der Waals surface area (Å²) in [4.78, 5) is 30.0. The zero-order valence-electron chi connectivity index (χ0n) is 14.0. The highest BCUT2D eigenvalue weighted by Crippen LogP contribution is 2.43. The molecule has 1 aromatic rings. The number of amides is 1. The van der Waals surface area contributed by atoms with Gasteiger partial charge in [-0.3, -0.25) is 14.6 Å². The van der Waals surface area contributed by atoms with E-state index in [2.05, 4.69) is 4.98 Å². The van der Waals surface area contributed by atoms with Gasteiger partial charge in [0.1, 0.15) is 5.41 Å². The van der Waals surface area contributed by atoms with Crippen molar-refractivity contribution in [3.05, 3.63) is 30.1 Å². The number of carboxylic acid groups (broad SMARTS) is 1. The Bertz CT molecular complexity index is 782. The minimum atomic E-state index is -3.44. The first kappa shape index (κ1) is 17.8. The first-order chi connectivity index (χ1) is 11.8. The van der Waals surface area contributed by atoms with Crippen LogP contribution in [0.15, 0.2) is 24.5 Å². The molecule has 0 saturated carbocycles. The summed E-state index contributed by atoms with van der Waals surface area (Å²) >= 11 is 0. The van der Waals surface area contributed by atoms with E-state index in [0.717, 1.165) is 5.56 Å². The van der Waals surface area contributed by atoms with Gasteiger partial charge in [-0.15, -0.1) is 0 Å². The number of rotatable bonds is 5. The minimum absolute atomic E-state index is 0.0435. The number of aliphatic carboxylic acids is 1. The molecule has 1 amide bonds. The highest BCUT2D eigenvalue weighted by atomic mass is 32.2. The summed E-state index contributed by atoms with van der Waals surface area (Å²) in [6.07, 6.45) is 3.39.